The predicted molar refractivity (Wildman–Crippen MR) is 47.0 cm³/mol. The minimum Gasteiger partial charge on any atom is -0.338 e. The zero-order chi connectivity index (χ0) is 9.42. The van der Waals surface area contributed by atoms with E-state index in [1.54, 1.807) is 0 Å². The Morgan fingerprint density at radius 2 is 2.38 bits per heavy atom. The molecule has 2 atom stereocenters. The number of hydrogen-bond acceptors (Lipinski definition) is 5. The summed E-state index contributed by atoms with van der Waals surface area (Å²) in [5.74, 6) is 1.37. The molecule has 2 rings (SSSR count). The van der Waals surface area contributed by atoms with Gasteiger partial charge in [0.1, 0.15) is 0 Å². The Labute approximate surface area is 76.9 Å². The van der Waals surface area contributed by atoms with E-state index < -0.39 is 0 Å². The summed E-state index contributed by atoms with van der Waals surface area (Å²) in [5.41, 5.74) is 5.83. The van der Waals surface area contributed by atoms with Crippen LogP contribution in [-0.4, -0.2) is 34.7 Å². The lowest BCUT2D eigenvalue weighted by Gasteiger charge is -2.13. The maximum Gasteiger partial charge on any atom is 0.244 e. The van der Waals surface area contributed by atoms with E-state index in [0.29, 0.717) is 11.7 Å². The van der Waals surface area contributed by atoms with Crippen molar-refractivity contribution in [2.45, 2.75) is 25.4 Å². The summed E-state index contributed by atoms with van der Waals surface area (Å²) in [5, 5.41) is 3.77. The zero-order valence-electron chi connectivity index (χ0n) is 7.90. The highest BCUT2D eigenvalue weighted by Crippen LogP contribution is 2.28. The van der Waals surface area contributed by atoms with Crippen LogP contribution in [0.15, 0.2) is 4.52 Å². The van der Waals surface area contributed by atoms with Gasteiger partial charge in [-0.25, -0.2) is 0 Å². The van der Waals surface area contributed by atoms with Gasteiger partial charge in [-0.2, -0.15) is 4.98 Å². The van der Waals surface area contributed by atoms with Gasteiger partial charge in [-0.05, 0) is 20.4 Å². The predicted octanol–water partition coefficient (Wildman–Crippen LogP) is 0.0819. The summed E-state index contributed by atoms with van der Waals surface area (Å²) in [6.07, 6.45) is 0.901. The number of aromatic nitrogens is 2. The minimum atomic E-state index is 0.205. The monoisotopic (exact) mass is 182 g/mol. The number of hydrogen-bond donors (Lipinski definition) is 1. The molecule has 0 saturated carbocycles. The molecule has 72 valence electrons. The Morgan fingerprint density at radius 1 is 1.62 bits per heavy atom. The van der Waals surface area contributed by atoms with Gasteiger partial charge >= 0.3 is 0 Å². The lowest BCUT2D eigenvalue weighted by atomic mass is 10.2. The molecule has 1 aliphatic rings. The van der Waals surface area contributed by atoms with Gasteiger partial charge in [0.25, 0.3) is 0 Å². The molecule has 1 saturated heterocycles. The SMILES string of the molecule is Cc1noc(C2CC(N)CN2C)n1. The Balaban J connectivity index is 2.17. The first-order valence-corrected chi connectivity index (χ1v) is 4.43. The molecule has 5 heteroatoms. The summed E-state index contributed by atoms with van der Waals surface area (Å²) in [4.78, 5) is 6.35. The third kappa shape index (κ3) is 1.57. The molecule has 1 fully saturated rings. The van der Waals surface area contributed by atoms with Crippen LogP contribution in [0.3, 0.4) is 0 Å². The van der Waals surface area contributed by atoms with E-state index in [1.807, 2.05) is 14.0 Å². The fourth-order valence-corrected chi connectivity index (χ4v) is 1.78. The summed E-state index contributed by atoms with van der Waals surface area (Å²) >= 11 is 0. The van der Waals surface area contributed by atoms with Crippen LogP contribution in [0, 0.1) is 6.92 Å². The number of nitrogens with two attached hydrogens (primary N) is 1. The fourth-order valence-electron chi connectivity index (χ4n) is 1.78. The van der Waals surface area contributed by atoms with Crippen molar-refractivity contribution in [2.24, 2.45) is 5.73 Å². The van der Waals surface area contributed by atoms with Crippen LogP contribution in [0.25, 0.3) is 0 Å². The van der Waals surface area contributed by atoms with Gasteiger partial charge in [0.05, 0.1) is 6.04 Å². The molecule has 2 N–H and O–H groups in total. The van der Waals surface area contributed by atoms with E-state index in [0.717, 1.165) is 13.0 Å². The van der Waals surface area contributed by atoms with Crippen LogP contribution < -0.4 is 5.73 Å². The highest BCUT2D eigenvalue weighted by atomic mass is 16.5. The van der Waals surface area contributed by atoms with Crippen molar-refractivity contribution in [2.75, 3.05) is 13.6 Å². The zero-order valence-corrected chi connectivity index (χ0v) is 7.90. The van der Waals surface area contributed by atoms with E-state index in [1.165, 1.54) is 0 Å². The molecule has 0 aromatic carbocycles. The molecule has 0 bridgehead atoms. The van der Waals surface area contributed by atoms with E-state index in [2.05, 4.69) is 15.0 Å². The minimum absolute atomic E-state index is 0.205. The lowest BCUT2D eigenvalue weighted by molar-refractivity contribution is 0.244. The summed E-state index contributed by atoms with van der Waals surface area (Å²) < 4.78 is 5.11. The standard InChI is InChI=1S/C8H14N4O/c1-5-10-8(13-11-5)7-3-6(9)4-12(7)2/h6-7H,3-4,9H2,1-2H3. The van der Waals surface area contributed by atoms with Crippen LogP contribution in [0.2, 0.25) is 0 Å². The molecule has 13 heavy (non-hydrogen) atoms. The van der Waals surface area contributed by atoms with Gasteiger partial charge in [-0.3, -0.25) is 4.90 Å². The average Bonchev–Trinajstić information content (AvgIpc) is 2.58. The molecule has 2 unspecified atom stereocenters. The third-order valence-corrected chi connectivity index (χ3v) is 2.41. The molecule has 1 aliphatic heterocycles. The second kappa shape index (κ2) is 3.08. The molecule has 2 heterocycles. The molecule has 0 spiro atoms. The summed E-state index contributed by atoms with van der Waals surface area (Å²) in [6.45, 7) is 2.72. The number of nitrogens with zero attached hydrogens (tertiary/aromatic N) is 3. The van der Waals surface area contributed by atoms with E-state index >= 15 is 0 Å². The molecule has 0 aliphatic carbocycles. The maximum absolute atomic E-state index is 5.83. The van der Waals surface area contributed by atoms with Crippen molar-refractivity contribution in [3.8, 4) is 0 Å². The van der Waals surface area contributed by atoms with Crippen LogP contribution in [0.1, 0.15) is 24.2 Å². The normalized spacial score (nSPS) is 29.8. The molecular weight excluding hydrogens is 168 g/mol. The quantitative estimate of drug-likeness (QED) is 0.666. The topological polar surface area (TPSA) is 68.2 Å². The Bertz CT molecular complexity index is 298. The number of likely N-dealkylation sites (tertiary alicyclic amines) is 1. The van der Waals surface area contributed by atoms with E-state index in [-0.39, 0.29) is 12.1 Å². The highest BCUT2D eigenvalue weighted by Gasteiger charge is 2.32. The van der Waals surface area contributed by atoms with E-state index in [9.17, 15) is 0 Å². The Kier molecular flexibility index (Phi) is 2.05. The second-order valence-electron chi connectivity index (χ2n) is 3.63. The van der Waals surface area contributed by atoms with Gasteiger partial charge in [0, 0.05) is 12.6 Å². The highest BCUT2D eigenvalue weighted by molar-refractivity contribution is 4.98. The van der Waals surface area contributed by atoms with Gasteiger partial charge < -0.3 is 10.3 Å². The first-order valence-electron chi connectivity index (χ1n) is 4.43. The largest absolute Gasteiger partial charge is 0.338 e. The molecule has 1 aromatic rings. The summed E-state index contributed by atoms with van der Waals surface area (Å²) in [6, 6.07) is 0.429. The number of likely N-dealkylation sites (N-methyl/N-ethyl adjacent to an activating group) is 1. The van der Waals surface area contributed by atoms with Crippen LogP contribution >= 0.6 is 0 Å². The van der Waals surface area contributed by atoms with Crippen LogP contribution in [-0.2, 0) is 0 Å². The second-order valence-corrected chi connectivity index (χ2v) is 3.63. The molecule has 5 nitrogen and oxygen atoms in total. The van der Waals surface area contributed by atoms with Crippen LogP contribution in [0.4, 0.5) is 0 Å². The first kappa shape index (κ1) is 8.65. The third-order valence-electron chi connectivity index (χ3n) is 2.41. The molecule has 0 amide bonds. The first-order chi connectivity index (χ1) is 6.16. The van der Waals surface area contributed by atoms with Gasteiger partial charge in [-0.15, -0.1) is 0 Å². The number of rotatable bonds is 1. The lowest BCUT2D eigenvalue weighted by Crippen LogP contribution is -2.24. The number of aryl methyl sites for hydroxylation is 1. The van der Waals surface area contributed by atoms with E-state index in [4.69, 9.17) is 10.3 Å². The van der Waals surface area contributed by atoms with Crippen molar-refractivity contribution in [1.29, 1.82) is 0 Å². The van der Waals surface area contributed by atoms with Crippen molar-refractivity contribution in [3.63, 3.8) is 0 Å². The fraction of sp³-hybridized carbons (Fsp3) is 0.750. The maximum atomic E-state index is 5.83. The van der Waals surface area contributed by atoms with Crippen molar-refractivity contribution < 1.29 is 4.52 Å². The molecule has 0 radical (unpaired) electrons. The summed E-state index contributed by atoms with van der Waals surface area (Å²) in [7, 11) is 2.02. The van der Waals surface area contributed by atoms with Gasteiger partial charge in [-0.1, -0.05) is 5.16 Å². The van der Waals surface area contributed by atoms with Crippen molar-refractivity contribution in [3.05, 3.63) is 11.7 Å². The van der Waals surface area contributed by atoms with Crippen molar-refractivity contribution in [1.82, 2.24) is 15.0 Å². The van der Waals surface area contributed by atoms with Crippen LogP contribution in [0.5, 0.6) is 0 Å². The average molecular weight is 182 g/mol. The van der Waals surface area contributed by atoms with Gasteiger partial charge in [0.15, 0.2) is 5.82 Å². The molecule has 1 aromatic heterocycles. The van der Waals surface area contributed by atoms with Gasteiger partial charge in [0.2, 0.25) is 5.89 Å². The Morgan fingerprint density at radius 3 is 2.85 bits per heavy atom. The smallest absolute Gasteiger partial charge is 0.244 e. The van der Waals surface area contributed by atoms with Crippen molar-refractivity contribution >= 4 is 0 Å². The Hall–Kier alpha value is -0.940. The molecular formula is C8H14N4O.